The number of amides is 2. The van der Waals surface area contributed by atoms with Crippen LogP contribution in [0, 0.1) is 0 Å². The molecule has 27 heavy (non-hydrogen) atoms. The third kappa shape index (κ3) is 4.09. The molecule has 3 rings (SSSR count). The lowest BCUT2D eigenvalue weighted by Crippen LogP contribution is -2.50. The van der Waals surface area contributed by atoms with Crippen LogP contribution in [0.5, 0.6) is 0 Å². The van der Waals surface area contributed by atoms with Gasteiger partial charge in [-0.3, -0.25) is 19.6 Å². The summed E-state index contributed by atoms with van der Waals surface area (Å²) in [5, 5.41) is 11.3. The number of hydrogen-bond acceptors (Lipinski definition) is 4. The lowest BCUT2D eigenvalue weighted by molar-refractivity contribution is -0.119. The number of thiophene rings is 1. The zero-order valence-corrected chi connectivity index (χ0v) is 16.2. The number of benzene rings is 1. The molecule has 140 valence electrons. The van der Waals surface area contributed by atoms with Gasteiger partial charge in [0.1, 0.15) is 11.5 Å². The molecule has 0 fully saturated rings. The van der Waals surface area contributed by atoms with Crippen molar-refractivity contribution in [1.29, 1.82) is 0 Å². The average molecular weight is 383 g/mol. The van der Waals surface area contributed by atoms with Gasteiger partial charge in [-0.15, -0.1) is 11.3 Å². The summed E-state index contributed by atoms with van der Waals surface area (Å²) in [4.78, 5) is 31.6. The second-order valence-electron chi connectivity index (χ2n) is 7.10. The van der Waals surface area contributed by atoms with Crippen molar-refractivity contribution in [2.45, 2.75) is 26.3 Å². The monoisotopic (exact) mass is 383 g/mol. The van der Waals surface area contributed by atoms with Crippen LogP contribution in [0.3, 0.4) is 0 Å². The number of fused-ring (bicyclic) bond motifs is 1. The number of carboxylic acid groups (broad SMARTS) is 1. The molecule has 3 aromatic rings. The first-order valence-corrected chi connectivity index (χ1v) is 9.31. The highest BCUT2D eigenvalue weighted by molar-refractivity contribution is 7.23. The van der Waals surface area contributed by atoms with Gasteiger partial charge in [0.05, 0.1) is 5.69 Å². The number of anilines is 2. The van der Waals surface area contributed by atoms with Crippen molar-refractivity contribution < 1.29 is 14.7 Å². The van der Waals surface area contributed by atoms with Gasteiger partial charge >= 0.3 is 6.09 Å². The van der Waals surface area contributed by atoms with Crippen molar-refractivity contribution in [3.63, 3.8) is 0 Å². The molecule has 2 aromatic heterocycles. The van der Waals surface area contributed by atoms with E-state index in [9.17, 15) is 14.7 Å². The van der Waals surface area contributed by atoms with Crippen molar-refractivity contribution in [3.05, 3.63) is 54.9 Å². The summed E-state index contributed by atoms with van der Waals surface area (Å²) in [5.74, 6) is -0.315. The predicted molar refractivity (Wildman–Crippen MR) is 108 cm³/mol. The van der Waals surface area contributed by atoms with Gasteiger partial charge in [0.25, 0.3) is 5.91 Å². The second-order valence-corrected chi connectivity index (χ2v) is 8.16. The summed E-state index contributed by atoms with van der Waals surface area (Å²) in [6.07, 6.45) is 2.10. The predicted octanol–water partition coefficient (Wildman–Crippen LogP) is 4.74. The molecular formula is C20H21N3O3S. The molecular weight excluding hydrogens is 362 g/mol. The van der Waals surface area contributed by atoms with Gasteiger partial charge in [0.2, 0.25) is 0 Å². The van der Waals surface area contributed by atoms with E-state index in [1.165, 1.54) is 11.3 Å². The minimum absolute atomic E-state index is 0.241. The Morgan fingerprint density at radius 2 is 1.78 bits per heavy atom. The van der Waals surface area contributed by atoms with Crippen LogP contribution >= 0.6 is 11.3 Å². The molecule has 0 saturated carbocycles. The van der Waals surface area contributed by atoms with Crippen LogP contribution in [0.15, 0.2) is 54.9 Å². The summed E-state index contributed by atoms with van der Waals surface area (Å²) < 4.78 is 1.06. The van der Waals surface area contributed by atoms with E-state index >= 15 is 0 Å². The van der Waals surface area contributed by atoms with Crippen molar-refractivity contribution in [2.24, 2.45) is 0 Å². The number of hydrogen-bond donors (Lipinski definition) is 1. The van der Waals surface area contributed by atoms with E-state index < -0.39 is 11.6 Å². The molecule has 6 nitrogen and oxygen atoms in total. The van der Waals surface area contributed by atoms with Crippen LogP contribution < -0.4 is 4.90 Å². The van der Waals surface area contributed by atoms with E-state index in [1.54, 1.807) is 50.2 Å². The van der Waals surface area contributed by atoms with Crippen molar-refractivity contribution in [1.82, 2.24) is 9.88 Å². The number of nitrogens with zero attached hydrogens (tertiary/aromatic N) is 3. The normalized spacial score (nSPS) is 11.4. The molecule has 7 heteroatoms. The largest absolute Gasteiger partial charge is 0.465 e. The molecule has 1 aromatic carbocycles. The minimum Gasteiger partial charge on any atom is -0.465 e. The highest BCUT2D eigenvalue weighted by Gasteiger charge is 2.31. The van der Waals surface area contributed by atoms with Gasteiger partial charge in [0, 0.05) is 22.6 Å². The van der Waals surface area contributed by atoms with Crippen LogP contribution in [-0.4, -0.2) is 39.1 Å². The topological polar surface area (TPSA) is 73.7 Å². The number of rotatable bonds is 4. The highest BCUT2D eigenvalue weighted by atomic mass is 32.1. The Morgan fingerprint density at radius 3 is 2.37 bits per heavy atom. The van der Waals surface area contributed by atoms with Crippen molar-refractivity contribution >= 4 is 44.1 Å². The van der Waals surface area contributed by atoms with Crippen LogP contribution in [-0.2, 0) is 4.79 Å². The maximum absolute atomic E-state index is 13.2. The maximum atomic E-state index is 13.2. The third-order valence-corrected chi connectivity index (χ3v) is 5.24. The maximum Gasteiger partial charge on any atom is 0.408 e. The Labute approximate surface area is 161 Å². The van der Waals surface area contributed by atoms with Gasteiger partial charge in [-0.2, -0.15) is 0 Å². The average Bonchev–Trinajstić information content (AvgIpc) is 3.03. The Hall–Kier alpha value is -2.93. The quantitative estimate of drug-likeness (QED) is 0.706. The number of pyridine rings is 1. The standard InChI is InChI=1S/C20H21N3O3S/c1-20(2,3)22(19(25)26)13-17(24)23(15-8-10-21-11-9-15)18-12-14-6-4-5-7-16(14)27-18/h4-12H,13H2,1-3H3,(H,25,26). The Morgan fingerprint density at radius 1 is 1.11 bits per heavy atom. The zero-order chi connectivity index (χ0) is 19.6. The van der Waals surface area contributed by atoms with E-state index in [1.807, 2.05) is 30.3 Å². The summed E-state index contributed by atoms with van der Waals surface area (Å²) in [7, 11) is 0. The molecule has 1 N–H and O–H groups in total. The van der Waals surface area contributed by atoms with Gasteiger partial charge in [-0.1, -0.05) is 18.2 Å². The first-order valence-electron chi connectivity index (χ1n) is 8.49. The molecule has 2 amide bonds. The second kappa shape index (κ2) is 7.36. The lowest BCUT2D eigenvalue weighted by Gasteiger charge is -2.34. The van der Waals surface area contributed by atoms with Crippen LogP contribution in [0.4, 0.5) is 15.5 Å². The van der Waals surface area contributed by atoms with Crippen molar-refractivity contribution in [2.75, 3.05) is 11.4 Å². The van der Waals surface area contributed by atoms with Gasteiger partial charge in [0.15, 0.2) is 0 Å². The summed E-state index contributed by atoms with van der Waals surface area (Å²) in [6.45, 7) is 5.06. The molecule has 0 aliphatic heterocycles. The van der Waals surface area contributed by atoms with E-state index in [2.05, 4.69) is 4.98 Å². The summed E-state index contributed by atoms with van der Waals surface area (Å²) in [6, 6.07) is 13.3. The Kier molecular flexibility index (Phi) is 5.14. The van der Waals surface area contributed by atoms with Crippen LogP contribution in [0.25, 0.3) is 10.1 Å². The van der Waals surface area contributed by atoms with E-state index in [4.69, 9.17) is 0 Å². The first-order chi connectivity index (χ1) is 12.8. The molecule has 0 atom stereocenters. The summed E-state index contributed by atoms with van der Waals surface area (Å²) in [5.41, 5.74) is -0.0354. The fourth-order valence-electron chi connectivity index (χ4n) is 2.76. The van der Waals surface area contributed by atoms with E-state index in [0.29, 0.717) is 5.69 Å². The minimum atomic E-state index is -1.12. The first kappa shape index (κ1) is 18.8. The molecule has 0 spiro atoms. The Bertz CT molecular complexity index is 930. The SMILES string of the molecule is CC(C)(C)N(CC(=O)N(c1ccncc1)c1cc2ccccc2s1)C(=O)O. The van der Waals surface area contributed by atoms with E-state index in [-0.39, 0.29) is 12.5 Å². The zero-order valence-electron chi connectivity index (χ0n) is 15.4. The molecule has 0 aliphatic carbocycles. The molecule has 0 aliphatic rings. The van der Waals surface area contributed by atoms with Crippen LogP contribution in [0.1, 0.15) is 20.8 Å². The third-order valence-electron chi connectivity index (χ3n) is 4.14. The number of aromatic nitrogens is 1. The summed E-state index contributed by atoms with van der Waals surface area (Å²) >= 11 is 1.49. The Balaban J connectivity index is 2.02. The molecule has 2 heterocycles. The fourth-order valence-corrected chi connectivity index (χ4v) is 3.86. The highest BCUT2D eigenvalue weighted by Crippen LogP contribution is 2.36. The van der Waals surface area contributed by atoms with Gasteiger partial charge in [-0.05, 0) is 50.4 Å². The molecule has 0 radical (unpaired) electrons. The smallest absolute Gasteiger partial charge is 0.408 e. The number of carbonyl (C=O) groups is 2. The fraction of sp³-hybridized carbons (Fsp3) is 0.250. The van der Waals surface area contributed by atoms with Crippen molar-refractivity contribution in [3.8, 4) is 0 Å². The molecule has 0 saturated heterocycles. The molecule has 0 unspecified atom stereocenters. The molecule has 0 bridgehead atoms. The number of carbonyl (C=O) groups excluding carboxylic acids is 1. The van der Waals surface area contributed by atoms with Gasteiger partial charge < -0.3 is 5.11 Å². The van der Waals surface area contributed by atoms with Crippen LogP contribution in [0.2, 0.25) is 0 Å². The lowest BCUT2D eigenvalue weighted by atomic mass is 10.1. The van der Waals surface area contributed by atoms with E-state index in [0.717, 1.165) is 20.0 Å². The van der Waals surface area contributed by atoms with Gasteiger partial charge in [-0.25, -0.2) is 4.79 Å².